The van der Waals surface area contributed by atoms with Gasteiger partial charge in [-0.05, 0) is 48.5 Å². The maximum absolute atomic E-state index is 12.3. The summed E-state index contributed by atoms with van der Waals surface area (Å²) in [5.41, 5.74) is 0. The molecule has 0 atom stereocenters. The van der Waals surface area contributed by atoms with E-state index in [1.807, 2.05) is 0 Å². The molecule has 25 heavy (non-hydrogen) atoms. The van der Waals surface area contributed by atoms with Crippen molar-refractivity contribution in [2.24, 2.45) is 0 Å². The molecule has 0 N–H and O–H groups in total. The average molecular weight is 386 g/mol. The summed E-state index contributed by atoms with van der Waals surface area (Å²) in [6, 6.07) is 6.77. The molecule has 0 amide bonds. The summed E-state index contributed by atoms with van der Waals surface area (Å²) in [6.45, 7) is 0. The van der Waals surface area contributed by atoms with Crippen molar-refractivity contribution >= 4 is 9.84 Å². The van der Waals surface area contributed by atoms with Crippen molar-refractivity contribution in [2.45, 2.75) is 22.5 Å². The van der Waals surface area contributed by atoms with Gasteiger partial charge in [0, 0.05) is 0 Å². The van der Waals surface area contributed by atoms with E-state index in [1.165, 1.54) is 0 Å². The number of ether oxygens (including phenoxy) is 2. The Hall–Kier alpha value is -2.43. The van der Waals surface area contributed by atoms with Crippen LogP contribution in [0.1, 0.15) is 0 Å². The summed E-state index contributed by atoms with van der Waals surface area (Å²) in [7, 11) is -4.13. The van der Waals surface area contributed by atoms with E-state index in [-0.39, 0.29) is 9.79 Å². The molecule has 0 aromatic heterocycles. The molecule has 136 valence electrons. The first-order valence-corrected chi connectivity index (χ1v) is 7.82. The van der Waals surface area contributed by atoms with Gasteiger partial charge in [-0.1, -0.05) is 0 Å². The van der Waals surface area contributed by atoms with Crippen molar-refractivity contribution in [2.75, 3.05) is 0 Å². The number of hydrogen-bond acceptors (Lipinski definition) is 4. The number of hydrogen-bond donors (Lipinski definition) is 0. The second kappa shape index (κ2) is 6.47. The van der Waals surface area contributed by atoms with Gasteiger partial charge < -0.3 is 9.47 Å². The van der Waals surface area contributed by atoms with E-state index >= 15 is 0 Å². The van der Waals surface area contributed by atoms with Crippen molar-refractivity contribution in [3.05, 3.63) is 48.5 Å². The fourth-order valence-electron chi connectivity index (χ4n) is 1.78. The third-order valence-corrected chi connectivity index (χ3v) is 4.52. The SMILES string of the molecule is O=S(=O)(c1ccc(OC(F)(F)F)cc1)c1ccc(OC(F)(F)F)cc1. The van der Waals surface area contributed by atoms with Crippen LogP contribution >= 0.6 is 0 Å². The number of halogens is 6. The summed E-state index contributed by atoms with van der Waals surface area (Å²) in [4.78, 5) is -0.710. The van der Waals surface area contributed by atoms with E-state index in [2.05, 4.69) is 9.47 Å². The van der Waals surface area contributed by atoms with Crippen molar-refractivity contribution in [3.63, 3.8) is 0 Å². The Morgan fingerprint density at radius 3 is 1.12 bits per heavy atom. The normalized spacial score (nSPS) is 12.7. The third kappa shape index (κ3) is 5.28. The van der Waals surface area contributed by atoms with Crippen LogP contribution in [-0.2, 0) is 9.84 Å². The van der Waals surface area contributed by atoms with E-state index in [4.69, 9.17) is 0 Å². The molecule has 11 heteroatoms. The van der Waals surface area contributed by atoms with Gasteiger partial charge in [0.1, 0.15) is 11.5 Å². The second-order valence-corrected chi connectivity index (χ2v) is 6.49. The third-order valence-electron chi connectivity index (χ3n) is 2.74. The molecule has 0 aliphatic heterocycles. The molecule has 0 saturated carbocycles. The topological polar surface area (TPSA) is 52.6 Å². The largest absolute Gasteiger partial charge is 0.573 e. The molecule has 0 radical (unpaired) electrons. The molecule has 0 saturated heterocycles. The van der Waals surface area contributed by atoms with Gasteiger partial charge in [-0.3, -0.25) is 0 Å². The molecule has 0 unspecified atom stereocenters. The monoisotopic (exact) mass is 386 g/mol. The Balaban J connectivity index is 2.23. The maximum atomic E-state index is 12.3. The van der Waals surface area contributed by atoms with E-state index < -0.39 is 34.1 Å². The zero-order valence-electron chi connectivity index (χ0n) is 11.9. The lowest BCUT2D eigenvalue weighted by Crippen LogP contribution is -2.17. The highest BCUT2D eigenvalue weighted by atomic mass is 32.2. The fourth-order valence-corrected chi connectivity index (χ4v) is 3.04. The minimum atomic E-state index is -4.92. The highest BCUT2D eigenvalue weighted by Crippen LogP contribution is 2.28. The quantitative estimate of drug-likeness (QED) is 0.735. The molecule has 2 aromatic rings. The standard InChI is InChI=1S/C14H8F6O4S/c15-13(16,17)23-9-1-5-11(6-2-9)25(21,22)12-7-3-10(4-8-12)24-14(18,19)20/h1-8H. The van der Waals surface area contributed by atoms with Crippen LogP contribution < -0.4 is 9.47 Å². The van der Waals surface area contributed by atoms with E-state index in [0.717, 1.165) is 48.5 Å². The Morgan fingerprint density at radius 2 is 0.880 bits per heavy atom. The van der Waals surface area contributed by atoms with E-state index in [9.17, 15) is 34.8 Å². The second-order valence-electron chi connectivity index (χ2n) is 4.54. The molecule has 4 nitrogen and oxygen atoms in total. The van der Waals surface area contributed by atoms with Crippen LogP contribution in [0.15, 0.2) is 58.3 Å². The Morgan fingerprint density at radius 1 is 0.600 bits per heavy atom. The lowest BCUT2D eigenvalue weighted by atomic mass is 10.3. The molecule has 0 fully saturated rings. The molecule has 0 heterocycles. The molecular weight excluding hydrogens is 378 g/mol. The summed E-state index contributed by atoms with van der Waals surface area (Å²) in [5, 5.41) is 0. The van der Waals surface area contributed by atoms with Crippen molar-refractivity contribution in [1.29, 1.82) is 0 Å². The van der Waals surface area contributed by atoms with Crippen molar-refractivity contribution in [1.82, 2.24) is 0 Å². The first kappa shape index (κ1) is 18.9. The van der Waals surface area contributed by atoms with Crippen LogP contribution in [0.25, 0.3) is 0 Å². The van der Waals surface area contributed by atoms with Gasteiger partial charge in [-0.15, -0.1) is 26.3 Å². The van der Waals surface area contributed by atoms with Crippen molar-refractivity contribution in [3.8, 4) is 11.5 Å². The van der Waals surface area contributed by atoms with Gasteiger partial charge >= 0.3 is 12.7 Å². The Bertz CT molecular complexity index is 758. The lowest BCUT2D eigenvalue weighted by Gasteiger charge is -2.11. The van der Waals surface area contributed by atoms with Crippen LogP contribution in [0.5, 0.6) is 11.5 Å². The van der Waals surface area contributed by atoms with E-state index in [1.54, 1.807) is 0 Å². The van der Waals surface area contributed by atoms with Crippen LogP contribution in [0, 0.1) is 0 Å². The predicted octanol–water partition coefficient (Wildman–Crippen LogP) is 4.32. The summed E-state index contributed by atoms with van der Waals surface area (Å²) in [6.07, 6.45) is -9.84. The number of sulfone groups is 1. The minimum absolute atomic E-state index is 0.355. The predicted molar refractivity (Wildman–Crippen MR) is 71.7 cm³/mol. The van der Waals surface area contributed by atoms with E-state index in [0.29, 0.717) is 0 Å². The van der Waals surface area contributed by atoms with Crippen molar-refractivity contribution < 1.29 is 44.2 Å². The summed E-state index contributed by atoms with van der Waals surface area (Å²) in [5.74, 6) is -1.22. The molecule has 0 aliphatic carbocycles. The maximum Gasteiger partial charge on any atom is 0.573 e. The van der Waals surface area contributed by atoms with Gasteiger partial charge in [0.05, 0.1) is 9.79 Å². The van der Waals surface area contributed by atoms with Crippen LogP contribution in [0.4, 0.5) is 26.3 Å². The number of rotatable bonds is 4. The lowest BCUT2D eigenvalue weighted by molar-refractivity contribution is -0.275. The summed E-state index contributed by atoms with van der Waals surface area (Å²) >= 11 is 0. The van der Waals surface area contributed by atoms with Crippen LogP contribution in [-0.4, -0.2) is 21.1 Å². The highest BCUT2D eigenvalue weighted by Gasteiger charge is 2.32. The number of alkyl halides is 6. The molecule has 2 aromatic carbocycles. The number of benzene rings is 2. The van der Waals surface area contributed by atoms with Crippen LogP contribution in [0.3, 0.4) is 0 Å². The first-order chi connectivity index (χ1) is 11.4. The first-order valence-electron chi connectivity index (χ1n) is 6.33. The fraction of sp³-hybridized carbons (Fsp3) is 0.143. The Labute approximate surface area is 137 Å². The van der Waals surface area contributed by atoms with Gasteiger partial charge in [0.25, 0.3) is 0 Å². The molecule has 2 rings (SSSR count). The van der Waals surface area contributed by atoms with Crippen LogP contribution in [0.2, 0.25) is 0 Å². The minimum Gasteiger partial charge on any atom is -0.406 e. The van der Waals surface area contributed by atoms with Gasteiger partial charge in [0.2, 0.25) is 9.84 Å². The summed E-state index contributed by atoms with van der Waals surface area (Å²) < 4.78 is 104. The van der Waals surface area contributed by atoms with Gasteiger partial charge in [0.15, 0.2) is 0 Å². The highest BCUT2D eigenvalue weighted by molar-refractivity contribution is 7.91. The zero-order valence-corrected chi connectivity index (χ0v) is 12.7. The van der Waals surface area contributed by atoms with Gasteiger partial charge in [-0.2, -0.15) is 0 Å². The molecular formula is C14H8F6O4S. The smallest absolute Gasteiger partial charge is 0.406 e. The molecule has 0 spiro atoms. The molecule has 0 bridgehead atoms. The van der Waals surface area contributed by atoms with Gasteiger partial charge in [-0.25, -0.2) is 8.42 Å². The average Bonchev–Trinajstić information content (AvgIpc) is 2.45. The zero-order chi connectivity index (χ0) is 18.9. The Kier molecular flexibility index (Phi) is 4.89. The molecule has 0 aliphatic rings.